The van der Waals surface area contributed by atoms with Gasteiger partial charge in [-0.25, -0.2) is 4.39 Å². The molecule has 0 radical (unpaired) electrons. The van der Waals surface area contributed by atoms with Crippen molar-refractivity contribution in [3.63, 3.8) is 0 Å². The second kappa shape index (κ2) is 8.15. The second-order valence-electron chi connectivity index (χ2n) is 7.01. The van der Waals surface area contributed by atoms with Gasteiger partial charge in [0.25, 0.3) is 0 Å². The highest BCUT2D eigenvalue weighted by Crippen LogP contribution is 2.32. The monoisotopic (exact) mass is 372 g/mol. The van der Waals surface area contributed by atoms with Gasteiger partial charge in [-0.2, -0.15) is 0 Å². The van der Waals surface area contributed by atoms with Gasteiger partial charge >= 0.3 is 0 Å². The van der Waals surface area contributed by atoms with Crippen molar-refractivity contribution < 1.29 is 19.0 Å². The van der Waals surface area contributed by atoms with Crippen molar-refractivity contribution in [2.75, 3.05) is 50.8 Å². The number of rotatable bonds is 4. The van der Waals surface area contributed by atoms with Gasteiger partial charge in [-0.3, -0.25) is 4.90 Å². The summed E-state index contributed by atoms with van der Waals surface area (Å²) in [5, 5.41) is 10.7. The maximum atomic E-state index is 14.0. The summed E-state index contributed by atoms with van der Waals surface area (Å²) >= 11 is 0. The second-order valence-corrected chi connectivity index (χ2v) is 7.01. The number of aliphatic hydroxyl groups excluding tert-OH is 1. The van der Waals surface area contributed by atoms with E-state index in [9.17, 15) is 9.50 Å². The SMILES string of the molecule is O[C@@H](CN1CCN(c2ccccc2F)CC1)c1ccc2c(c1)OCCCO2. The Hall–Kier alpha value is -2.31. The molecule has 0 bridgehead atoms. The van der Waals surface area contributed by atoms with Crippen LogP contribution in [0.25, 0.3) is 0 Å². The lowest BCUT2D eigenvalue weighted by molar-refractivity contribution is 0.109. The van der Waals surface area contributed by atoms with E-state index in [1.807, 2.05) is 30.3 Å². The molecule has 6 heteroatoms. The Morgan fingerprint density at radius 2 is 1.70 bits per heavy atom. The van der Waals surface area contributed by atoms with E-state index in [4.69, 9.17) is 9.47 Å². The van der Waals surface area contributed by atoms with Crippen molar-refractivity contribution in [1.82, 2.24) is 4.90 Å². The van der Waals surface area contributed by atoms with Crippen molar-refractivity contribution >= 4 is 5.69 Å². The molecule has 2 aliphatic heterocycles. The average molecular weight is 372 g/mol. The number of para-hydroxylation sites is 1. The molecule has 2 heterocycles. The van der Waals surface area contributed by atoms with Gasteiger partial charge in [0, 0.05) is 39.1 Å². The average Bonchev–Trinajstić information content (AvgIpc) is 2.94. The minimum atomic E-state index is -0.595. The molecule has 5 nitrogen and oxygen atoms in total. The summed E-state index contributed by atoms with van der Waals surface area (Å²) in [5.41, 5.74) is 1.48. The minimum Gasteiger partial charge on any atom is -0.490 e. The Labute approximate surface area is 158 Å². The van der Waals surface area contributed by atoms with Gasteiger partial charge in [0.2, 0.25) is 0 Å². The van der Waals surface area contributed by atoms with Crippen LogP contribution in [0.4, 0.5) is 10.1 Å². The first kappa shape index (κ1) is 18.1. The Morgan fingerprint density at radius 3 is 2.48 bits per heavy atom. The summed E-state index contributed by atoms with van der Waals surface area (Å²) in [6.07, 6.45) is 0.265. The van der Waals surface area contributed by atoms with Crippen LogP contribution in [0, 0.1) is 5.82 Å². The number of fused-ring (bicyclic) bond motifs is 1. The van der Waals surface area contributed by atoms with Crippen LogP contribution in [-0.2, 0) is 0 Å². The van der Waals surface area contributed by atoms with E-state index < -0.39 is 6.10 Å². The van der Waals surface area contributed by atoms with Crippen LogP contribution in [0.15, 0.2) is 42.5 Å². The zero-order chi connectivity index (χ0) is 18.6. The van der Waals surface area contributed by atoms with Crippen molar-refractivity contribution in [3.8, 4) is 11.5 Å². The van der Waals surface area contributed by atoms with Gasteiger partial charge in [0.15, 0.2) is 11.5 Å². The maximum Gasteiger partial charge on any atom is 0.161 e. The van der Waals surface area contributed by atoms with Crippen LogP contribution in [0.5, 0.6) is 11.5 Å². The molecule has 2 aromatic carbocycles. The Balaban J connectivity index is 1.35. The van der Waals surface area contributed by atoms with E-state index in [0.717, 1.165) is 43.9 Å². The lowest BCUT2D eigenvalue weighted by Crippen LogP contribution is -2.47. The first-order valence-electron chi connectivity index (χ1n) is 9.50. The van der Waals surface area contributed by atoms with E-state index in [1.165, 1.54) is 6.07 Å². The molecular weight excluding hydrogens is 347 g/mol. The standard InChI is InChI=1S/C21H25FN2O3/c22-17-4-1-2-5-18(17)24-10-8-23(9-11-24)15-19(25)16-6-7-20-21(14-16)27-13-3-12-26-20/h1-2,4-7,14,19,25H,3,8-13,15H2/t19-/m0/s1. The molecule has 0 aromatic heterocycles. The molecule has 2 aliphatic rings. The summed E-state index contributed by atoms with van der Waals surface area (Å²) in [6, 6.07) is 12.5. The Kier molecular flexibility index (Phi) is 5.45. The molecule has 1 saturated heterocycles. The molecule has 0 spiro atoms. The van der Waals surface area contributed by atoms with Gasteiger partial charge in [-0.05, 0) is 29.8 Å². The number of ether oxygens (including phenoxy) is 2. The van der Waals surface area contributed by atoms with Crippen molar-refractivity contribution in [3.05, 3.63) is 53.8 Å². The number of nitrogens with zero attached hydrogens (tertiary/aromatic N) is 2. The van der Waals surface area contributed by atoms with Crippen LogP contribution in [0.2, 0.25) is 0 Å². The van der Waals surface area contributed by atoms with Crippen molar-refractivity contribution in [1.29, 1.82) is 0 Å². The molecule has 1 atom stereocenters. The maximum absolute atomic E-state index is 14.0. The molecule has 27 heavy (non-hydrogen) atoms. The number of hydrogen-bond donors (Lipinski definition) is 1. The van der Waals surface area contributed by atoms with Crippen molar-refractivity contribution in [2.45, 2.75) is 12.5 Å². The zero-order valence-electron chi connectivity index (χ0n) is 15.3. The number of hydrogen-bond acceptors (Lipinski definition) is 5. The van der Waals surface area contributed by atoms with E-state index >= 15 is 0 Å². The van der Waals surface area contributed by atoms with Crippen LogP contribution in [-0.4, -0.2) is 55.9 Å². The van der Waals surface area contributed by atoms with Gasteiger partial charge in [-0.15, -0.1) is 0 Å². The number of β-amino-alcohol motifs (C(OH)–C–C–N with tert-alkyl or cyclic N) is 1. The molecule has 0 saturated carbocycles. The topological polar surface area (TPSA) is 45.2 Å². The number of halogens is 1. The van der Waals surface area contributed by atoms with E-state index in [-0.39, 0.29) is 5.82 Å². The van der Waals surface area contributed by atoms with Gasteiger partial charge in [-0.1, -0.05) is 18.2 Å². The normalized spacial score (nSPS) is 18.8. The molecule has 0 unspecified atom stereocenters. The van der Waals surface area contributed by atoms with Crippen molar-refractivity contribution in [2.24, 2.45) is 0 Å². The van der Waals surface area contributed by atoms with Crippen LogP contribution in [0.3, 0.4) is 0 Å². The zero-order valence-corrected chi connectivity index (χ0v) is 15.3. The highest BCUT2D eigenvalue weighted by atomic mass is 19.1. The van der Waals surface area contributed by atoms with Gasteiger partial charge in [0.1, 0.15) is 5.82 Å². The Bertz CT molecular complexity index is 778. The summed E-state index contributed by atoms with van der Waals surface area (Å²) in [4.78, 5) is 4.27. The third-order valence-corrected chi connectivity index (χ3v) is 5.15. The fourth-order valence-corrected chi connectivity index (χ4v) is 3.62. The fraction of sp³-hybridized carbons (Fsp3) is 0.429. The molecular formula is C21H25FN2O3. The predicted octanol–water partition coefficient (Wildman–Crippen LogP) is 2.84. The number of anilines is 1. The van der Waals surface area contributed by atoms with Crippen LogP contribution >= 0.6 is 0 Å². The molecule has 0 aliphatic carbocycles. The summed E-state index contributed by atoms with van der Waals surface area (Å²) < 4.78 is 25.3. The number of piperazine rings is 1. The quantitative estimate of drug-likeness (QED) is 0.894. The highest BCUT2D eigenvalue weighted by Gasteiger charge is 2.22. The smallest absolute Gasteiger partial charge is 0.161 e. The molecule has 0 amide bonds. The van der Waals surface area contributed by atoms with E-state index in [2.05, 4.69) is 9.80 Å². The highest BCUT2D eigenvalue weighted by molar-refractivity contribution is 5.48. The summed E-state index contributed by atoms with van der Waals surface area (Å²) in [7, 11) is 0. The lowest BCUT2D eigenvalue weighted by atomic mass is 10.1. The number of aliphatic hydroxyl groups is 1. The fourth-order valence-electron chi connectivity index (χ4n) is 3.62. The predicted molar refractivity (Wildman–Crippen MR) is 102 cm³/mol. The van der Waals surface area contributed by atoms with Crippen LogP contribution < -0.4 is 14.4 Å². The number of benzene rings is 2. The molecule has 1 fully saturated rings. The first-order chi connectivity index (χ1) is 13.2. The molecule has 2 aromatic rings. The van der Waals surface area contributed by atoms with Gasteiger partial charge < -0.3 is 19.5 Å². The third kappa shape index (κ3) is 4.17. The largest absolute Gasteiger partial charge is 0.490 e. The Morgan fingerprint density at radius 1 is 0.963 bits per heavy atom. The van der Waals surface area contributed by atoms with E-state index in [0.29, 0.717) is 31.2 Å². The minimum absolute atomic E-state index is 0.182. The lowest BCUT2D eigenvalue weighted by Gasteiger charge is -2.37. The van der Waals surface area contributed by atoms with Crippen LogP contribution in [0.1, 0.15) is 18.1 Å². The van der Waals surface area contributed by atoms with E-state index in [1.54, 1.807) is 6.07 Å². The summed E-state index contributed by atoms with van der Waals surface area (Å²) in [6.45, 7) is 4.89. The molecule has 1 N–H and O–H groups in total. The molecule has 144 valence electrons. The van der Waals surface area contributed by atoms with Gasteiger partial charge in [0.05, 0.1) is 25.0 Å². The first-order valence-corrected chi connectivity index (χ1v) is 9.50. The third-order valence-electron chi connectivity index (χ3n) is 5.15. The summed E-state index contributed by atoms with van der Waals surface area (Å²) in [5.74, 6) is 1.26. The molecule has 4 rings (SSSR count).